The van der Waals surface area contributed by atoms with Gasteiger partial charge in [-0.05, 0) is 24.3 Å². The number of halogens is 1. The molecule has 0 spiro atoms. The van der Waals surface area contributed by atoms with Gasteiger partial charge in [-0.3, -0.25) is 15.1 Å². The van der Waals surface area contributed by atoms with Gasteiger partial charge in [0.05, 0.1) is 27.8 Å². The second-order valence-electron chi connectivity index (χ2n) is 5.05. The van der Waals surface area contributed by atoms with Crippen LogP contribution in [-0.4, -0.2) is 23.3 Å². The van der Waals surface area contributed by atoms with Crippen molar-refractivity contribution in [2.75, 3.05) is 0 Å². The summed E-state index contributed by atoms with van der Waals surface area (Å²) in [5.41, 5.74) is 0.739. The summed E-state index contributed by atoms with van der Waals surface area (Å²) in [4.78, 5) is 18.5. The number of nitro groups is 1. The molecule has 1 N–H and O–H groups in total. The molecule has 11 heteroatoms. The Morgan fingerprint density at radius 1 is 1.27 bits per heavy atom. The van der Waals surface area contributed by atoms with E-state index in [2.05, 4.69) is 14.7 Å². The van der Waals surface area contributed by atoms with E-state index < -0.39 is 20.6 Å². The van der Waals surface area contributed by atoms with Crippen molar-refractivity contribution in [2.24, 2.45) is 0 Å². The Morgan fingerprint density at radius 3 is 2.77 bits per heavy atom. The molecule has 134 valence electrons. The third-order valence-corrected chi connectivity index (χ3v) is 5.94. The van der Waals surface area contributed by atoms with E-state index >= 15 is 0 Å². The van der Waals surface area contributed by atoms with E-state index in [9.17, 15) is 18.5 Å². The van der Waals surface area contributed by atoms with Gasteiger partial charge in [0, 0.05) is 17.6 Å². The van der Waals surface area contributed by atoms with E-state index in [0.29, 0.717) is 16.4 Å². The smallest absolute Gasteiger partial charge is 0.258 e. The molecule has 0 fully saturated rings. The number of pyridine rings is 1. The second-order valence-corrected chi connectivity index (χ2v) is 8.09. The highest BCUT2D eigenvalue weighted by Crippen LogP contribution is 2.27. The van der Waals surface area contributed by atoms with Gasteiger partial charge >= 0.3 is 0 Å². The molecule has 0 aliphatic heterocycles. The van der Waals surface area contributed by atoms with Crippen LogP contribution in [0.5, 0.6) is 0 Å². The summed E-state index contributed by atoms with van der Waals surface area (Å²) < 4.78 is 27.1. The van der Waals surface area contributed by atoms with Gasteiger partial charge in [-0.1, -0.05) is 17.7 Å². The van der Waals surface area contributed by atoms with Crippen molar-refractivity contribution >= 4 is 38.6 Å². The molecule has 0 aliphatic carbocycles. The van der Waals surface area contributed by atoms with Gasteiger partial charge in [0.2, 0.25) is 10.0 Å². The summed E-state index contributed by atoms with van der Waals surface area (Å²) >= 11 is 7.05. The molecular formula is C15H11ClN4O4S2. The van der Waals surface area contributed by atoms with Gasteiger partial charge in [0.25, 0.3) is 5.69 Å². The van der Waals surface area contributed by atoms with Crippen molar-refractivity contribution in [1.82, 2.24) is 14.7 Å². The molecular weight excluding hydrogens is 400 g/mol. The SMILES string of the molecule is O=[N+]([O-])c1cc(S(=O)(=O)NCc2csc(-c3ccccn3)n2)ccc1Cl. The van der Waals surface area contributed by atoms with Crippen LogP contribution in [-0.2, 0) is 16.6 Å². The minimum atomic E-state index is -3.95. The summed E-state index contributed by atoms with van der Waals surface area (Å²) in [6, 6.07) is 8.73. The first-order valence-electron chi connectivity index (χ1n) is 7.16. The third kappa shape index (κ3) is 4.05. The zero-order valence-corrected chi connectivity index (χ0v) is 15.4. The predicted molar refractivity (Wildman–Crippen MR) is 97.5 cm³/mol. The van der Waals surface area contributed by atoms with Crippen molar-refractivity contribution in [3.05, 3.63) is 68.8 Å². The monoisotopic (exact) mass is 410 g/mol. The number of rotatable bonds is 6. The quantitative estimate of drug-likeness (QED) is 0.492. The predicted octanol–water partition coefficient (Wildman–Crippen LogP) is 3.25. The Hall–Kier alpha value is -2.40. The molecule has 8 nitrogen and oxygen atoms in total. The highest BCUT2D eigenvalue weighted by atomic mass is 35.5. The number of nitrogens with one attached hydrogen (secondary N) is 1. The van der Waals surface area contributed by atoms with Crippen LogP contribution in [0.25, 0.3) is 10.7 Å². The Morgan fingerprint density at radius 2 is 2.08 bits per heavy atom. The van der Waals surface area contributed by atoms with Gasteiger partial charge in [-0.15, -0.1) is 11.3 Å². The van der Waals surface area contributed by atoms with Crippen LogP contribution in [0, 0.1) is 10.1 Å². The van der Waals surface area contributed by atoms with E-state index in [-0.39, 0.29) is 16.5 Å². The molecule has 2 aromatic heterocycles. The maximum absolute atomic E-state index is 12.4. The zero-order chi connectivity index (χ0) is 18.7. The van der Waals surface area contributed by atoms with Gasteiger partial charge in [0.15, 0.2) is 0 Å². The maximum atomic E-state index is 12.4. The molecule has 0 radical (unpaired) electrons. The molecule has 0 bridgehead atoms. The Labute approximate surface area is 157 Å². The van der Waals surface area contributed by atoms with Crippen molar-refractivity contribution in [3.8, 4) is 10.7 Å². The topological polar surface area (TPSA) is 115 Å². The molecule has 0 aliphatic rings. The first-order valence-corrected chi connectivity index (χ1v) is 9.90. The number of thiazole rings is 1. The molecule has 2 heterocycles. The van der Waals surface area contributed by atoms with E-state index in [4.69, 9.17) is 11.6 Å². The number of hydrogen-bond donors (Lipinski definition) is 1. The molecule has 26 heavy (non-hydrogen) atoms. The normalized spacial score (nSPS) is 11.4. The number of nitrogens with zero attached hydrogens (tertiary/aromatic N) is 3. The lowest BCUT2D eigenvalue weighted by Crippen LogP contribution is -2.23. The highest BCUT2D eigenvalue weighted by molar-refractivity contribution is 7.89. The van der Waals surface area contributed by atoms with Crippen LogP contribution in [0.1, 0.15) is 5.69 Å². The lowest BCUT2D eigenvalue weighted by Gasteiger charge is -2.06. The summed E-state index contributed by atoms with van der Waals surface area (Å²) in [5.74, 6) is 0. The minimum absolute atomic E-state index is 0.0535. The minimum Gasteiger partial charge on any atom is -0.258 e. The number of aromatic nitrogens is 2. The summed E-state index contributed by atoms with van der Waals surface area (Å²) in [7, 11) is -3.95. The van der Waals surface area contributed by atoms with Crippen LogP contribution in [0.4, 0.5) is 5.69 Å². The third-order valence-electron chi connectivity index (χ3n) is 3.30. The van der Waals surface area contributed by atoms with E-state index in [0.717, 1.165) is 6.07 Å². The summed E-state index contributed by atoms with van der Waals surface area (Å²) in [5, 5.41) is 13.2. The fourth-order valence-electron chi connectivity index (χ4n) is 2.05. The second kappa shape index (κ2) is 7.46. The molecule has 1 aromatic carbocycles. The van der Waals surface area contributed by atoms with Crippen molar-refractivity contribution < 1.29 is 13.3 Å². The van der Waals surface area contributed by atoms with Gasteiger partial charge < -0.3 is 0 Å². The molecule has 0 saturated carbocycles. The molecule has 0 saturated heterocycles. The average Bonchev–Trinajstić information content (AvgIpc) is 3.10. The Bertz CT molecular complexity index is 1050. The number of hydrogen-bond acceptors (Lipinski definition) is 7. The molecule has 3 rings (SSSR count). The largest absolute Gasteiger partial charge is 0.289 e. The Balaban J connectivity index is 1.76. The highest BCUT2D eigenvalue weighted by Gasteiger charge is 2.21. The molecule has 0 unspecified atom stereocenters. The lowest BCUT2D eigenvalue weighted by molar-refractivity contribution is -0.384. The number of benzene rings is 1. The van der Waals surface area contributed by atoms with Crippen molar-refractivity contribution in [3.63, 3.8) is 0 Å². The van der Waals surface area contributed by atoms with Crippen LogP contribution in [0.2, 0.25) is 5.02 Å². The number of sulfonamides is 1. The first kappa shape index (κ1) is 18.4. The van der Waals surface area contributed by atoms with Gasteiger partial charge in [0.1, 0.15) is 10.0 Å². The molecule has 0 amide bonds. The first-order chi connectivity index (χ1) is 12.4. The van der Waals surface area contributed by atoms with Crippen LogP contribution < -0.4 is 4.72 Å². The van der Waals surface area contributed by atoms with Crippen molar-refractivity contribution in [2.45, 2.75) is 11.4 Å². The number of nitro benzene ring substituents is 1. The van der Waals surface area contributed by atoms with Crippen molar-refractivity contribution in [1.29, 1.82) is 0 Å². The van der Waals surface area contributed by atoms with Crippen LogP contribution >= 0.6 is 22.9 Å². The van der Waals surface area contributed by atoms with Gasteiger partial charge in [-0.25, -0.2) is 18.1 Å². The van der Waals surface area contributed by atoms with E-state index in [1.54, 1.807) is 23.7 Å². The van der Waals surface area contributed by atoms with E-state index in [1.165, 1.54) is 23.5 Å². The fourth-order valence-corrected chi connectivity index (χ4v) is 4.05. The lowest BCUT2D eigenvalue weighted by atomic mass is 10.3. The van der Waals surface area contributed by atoms with Crippen LogP contribution in [0.3, 0.4) is 0 Å². The summed E-state index contributed by atoms with van der Waals surface area (Å²) in [6.07, 6.45) is 1.65. The summed E-state index contributed by atoms with van der Waals surface area (Å²) in [6.45, 7) is -0.0535. The molecule has 0 atom stereocenters. The standard InChI is InChI=1S/C15H11ClN4O4S2/c16-12-5-4-11(7-14(12)20(21)22)26(23,24)18-8-10-9-25-15(19-10)13-3-1-2-6-17-13/h1-7,9,18H,8H2. The average molecular weight is 411 g/mol. The Kier molecular flexibility index (Phi) is 5.28. The van der Waals surface area contributed by atoms with Crippen LogP contribution in [0.15, 0.2) is 52.9 Å². The fraction of sp³-hybridized carbons (Fsp3) is 0.0667. The maximum Gasteiger partial charge on any atom is 0.289 e. The zero-order valence-electron chi connectivity index (χ0n) is 13.0. The van der Waals surface area contributed by atoms with Gasteiger partial charge in [-0.2, -0.15) is 0 Å². The van der Waals surface area contributed by atoms with E-state index in [1.807, 2.05) is 6.07 Å². The molecule has 3 aromatic rings.